The molecule has 7 heteroatoms. The lowest BCUT2D eigenvalue weighted by molar-refractivity contribution is -0.138. The zero-order valence-electron chi connectivity index (χ0n) is 13.6. The Balaban J connectivity index is 1.87. The van der Waals surface area contributed by atoms with Crippen LogP contribution >= 0.6 is 0 Å². The monoisotopic (exact) mass is 332 g/mol. The van der Waals surface area contributed by atoms with Gasteiger partial charge in [0.25, 0.3) is 5.91 Å². The van der Waals surface area contributed by atoms with Crippen LogP contribution in [0.2, 0.25) is 0 Å². The van der Waals surface area contributed by atoms with E-state index in [0.29, 0.717) is 24.4 Å². The number of aromatic nitrogens is 1. The van der Waals surface area contributed by atoms with Crippen molar-refractivity contribution < 1.29 is 24.2 Å². The summed E-state index contributed by atoms with van der Waals surface area (Å²) in [7, 11) is 3.16. The Morgan fingerprint density at radius 1 is 1.33 bits per heavy atom. The van der Waals surface area contributed by atoms with E-state index in [-0.39, 0.29) is 24.5 Å². The molecule has 7 nitrogen and oxygen atoms in total. The van der Waals surface area contributed by atoms with Crippen molar-refractivity contribution in [1.29, 1.82) is 0 Å². The molecule has 1 amide bonds. The SMILES string of the molecule is COc1ccc2[nH]c(C(=O)N3CC(OC)CC3CC(=O)O)cc2c1. The van der Waals surface area contributed by atoms with Gasteiger partial charge in [-0.15, -0.1) is 0 Å². The number of ether oxygens (including phenoxy) is 2. The zero-order valence-corrected chi connectivity index (χ0v) is 13.6. The molecule has 0 radical (unpaired) electrons. The number of benzene rings is 1. The van der Waals surface area contributed by atoms with E-state index < -0.39 is 5.97 Å². The number of likely N-dealkylation sites (tertiary alicyclic amines) is 1. The molecule has 1 aromatic heterocycles. The third kappa shape index (κ3) is 3.07. The standard InChI is InChI=1S/C17H20N2O5/c1-23-12-3-4-14-10(5-12)6-15(18-14)17(22)19-9-13(24-2)7-11(19)8-16(20)21/h3-6,11,13,18H,7-9H2,1-2H3,(H,20,21). The maximum atomic E-state index is 12.8. The quantitative estimate of drug-likeness (QED) is 0.872. The number of aromatic amines is 1. The zero-order chi connectivity index (χ0) is 17.3. The molecule has 0 spiro atoms. The van der Waals surface area contributed by atoms with Gasteiger partial charge >= 0.3 is 5.97 Å². The number of nitrogens with zero attached hydrogens (tertiary/aromatic N) is 1. The van der Waals surface area contributed by atoms with Gasteiger partial charge in [-0.05, 0) is 30.7 Å². The molecule has 1 aliphatic heterocycles. The van der Waals surface area contributed by atoms with Gasteiger partial charge in [-0.25, -0.2) is 0 Å². The number of carbonyl (C=O) groups excluding carboxylic acids is 1. The fourth-order valence-corrected chi connectivity index (χ4v) is 3.20. The van der Waals surface area contributed by atoms with E-state index in [9.17, 15) is 9.59 Å². The Morgan fingerprint density at radius 2 is 2.12 bits per heavy atom. The molecule has 2 heterocycles. The van der Waals surface area contributed by atoms with Crippen LogP contribution in [0.3, 0.4) is 0 Å². The lowest BCUT2D eigenvalue weighted by atomic mass is 10.1. The van der Waals surface area contributed by atoms with Crippen LogP contribution in [0.5, 0.6) is 5.75 Å². The molecule has 2 unspecified atom stereocenters. The molecule has 0 saturated carbocycles. The van der Waals surface area contributed by atoms with E-state index in [1.807, 2.05) is 18.2 Å². The first kappa shape index (κ1) is 16.3. The van der Waals surface area contributed by atoms with Crippen molar-refractivity contribution in [3.05, 3.63) is 30.0 Å². The Kier molecular flexibility index (Phi) is 4.44. The van der Waals surface area contributed by atoms with Crippen LogP contribution in [0, 0.1) is 0 Å². The molecule has 2 atom stereocenters. The van der Waals surface area contributed by atoms with E-state index in [0.717, 1.165) is 10.9 Å². The van der Waals surface area contributed by atoms with E-state index in [1.54, 1.807) is 25.2 Å². The number of carboxylic acid groups (broad SMARTS) is 1. The first-order valence-electron chi connectivity index (χ1n) is 7.74. The van der Waals surface area contributed by atoms with E-state index >= 15 is 0 Å². The van der Waals surface area contributed by atoms with E-state index in [2.05, 4.69) is 4.98 Å². The minimum atomic E-state index is -0.920. The van der Waals surface area contributed by atoms with Gasteiger partial charge in [-0.1, -0.05) is 0 Å². The van der Waals surface area contributed by atoms with Crippen molar-refractivity contribution in [1.82, 2.24) is 9.88 Å². The second kappa shape index (κ2) is 6.52. The van der Waals surface area contributed by atoms with Crippen molar-refractivity contribution in [3.63, 3.8) is 0 Å². The predicted octanol–water partition coefficient (Wildman–Crippen LogP) is 1.88. The van der Waals surface area contributed by atoms with Crippen LogP contribution in [0.1, 0.15) is 23.3 Å². The largest absolute Gasteiger partial charge is 0.497 e. The van der Waals surface area contributed by atoms with Gasteiger partial charge in [-0.3, -0.25) is 9.59 Å². The second-order valence-electron chi connectivity index (χ2n) is 5.94. The highest BCUT2D eigenvalue weighted by atomic mass is 16.5. The maximum absolute atomic E-state index is 12.8. The van der Waals surface area contributed by atoms with Gasteiger partial charge in [0.2, 0.25) is 0 Å². The van der Waals surface area contributed by atoms with Crippen LogP contribution in [0.15, 0.2) is 24.3 Å². The molecule has 2 aromatic rings. The average Bonchev–Trinajstić information content (AvgIpc) is 3.16. The molecule has 2 N–H and O–H groups in total. The van der Waals surface area contributed by atoms with Gasteiger partial charge in [0, 0.05) is 30.6 Å². The van der Waals surface area contributed by atoms with Crippen LogP contribution in [0.4, 0.5) is 0 Å². The minimum absolute atomic E-state index is 0.0837. The number of methoxy groups -OCH3 is 2. The second-order valence-corrected chi connectivity index (χ2v) is 5.94. The van der Waals surface area contributed by atoms with E-state index in [4.69, 9.17) is 14.6 Å². The number of carbonyl (C=O) groups is 2. The normalized spacial score (nSPS) is 20.5. The summed E-state index contributed by atoms with van der Waals surface area (Å²) in [6.07, 6.45) is 0.310. The van der Waals surface area contributed by atoms with Gasteiger partial charge in [-0.2, -0.15) is 0 Å². The molecule has 24 heavy (non-hydrogen) atoms. The number of H-pyrrole nitrogens is 1. The molecule has 3 rings (SSSR count). The van der Waals surface area contributed by atoms with E-state index in [1.165, 1.54) is 0 Å². The van der Waals surface area contributed by atoms with Crippen molar-refractivity contribution in [2.45, 2.75) is 25.0 Å². The summed E-state index contributed by atoms with van der Waals surface area (Å²) in [5.74, 6) is -0.420. The molecule has 1 fully saturated rings. The van der Waals surface area contributed by atoms with Crippen LogP contribution in [-0.4, -0.2) is 59.8 Å². The number of hydrogen-bond acceptors (Lipinski definition) is 4. The summed E-state index contributed by atoms with van der Waals surface area (Å²) in [6.45, 7) is 0.395. The van der Waals surface area contributed by atoms with Crippen molar-refractivity contribution in [2.24, 2.45) is 0 Å². The first-order chi connectivity index (χ1) is 11.5. The highest BCUT2D eigenvalue weighted by Crippen LogP contribution is 2.27. The Labute approximate surface area is 139 Å². The molecule has 1 aliphatic rings. The summed E-state index contributed by atoms with van der Waals surface area (Å²) in [4.78, 5) is 28.6. The van der Waals surface area contributed by atoms with Crippen LogP contribution in [0.25, 0.3) is 10.9 Å². The molecule has 1 aromatic carbocycles. The van der Waals surface area contributed by atoms with Crippen LogP contribution in [-0.2, 0) is 9.53 Å². The van der Waals surface area contributed by atoms with Crippen LogP contribution < -0.4 is 4.74 Å². The lowest BCUT2D eigenvalue weighted by Gasteiger charge is -2.22. The summed E-state index contributed by atoms with van der Waals surface area (Å²) in [5, 5.41) is 9.94. The molecule has 1 saturated heterocycles. The van der Waals surface area contributed by atoms with Gasteiger partial charge in [0.15, 0.2) is 0 Å². The number of aliphatic carboxylic acids is 1. The Morgan fingerprint density at radius 3 is 2.79 bits per heavy atom. The first-order valence-corrected chi connectivity index (χ1v) is 7.74. The lowest BCUT2D eigenvalue weighted by Crippen LogP contribution is -2.37. The number of fused-ring (bicyclic) bond motifs is 1. The molecular formula is C17H20N2O5. The molecule has 0 aliphatic carbocycles. The summed E-state index contributed by atoms with van der Waals surface area (Å²) >= 11 is 0. The smallest absolute Gasteiger partial charge is 0.305 e. The third-order valence-electron chi connectivity index (χ3n) is 4.44. The van der Waals surface area contributed by atoms with Crippen molar-refractivity contribution in [3.8, 4) is 5.75 Å². The highest BCUT2D eigenvalue weighted by Gasteiger charge is 2.37. The number of amides is 1. The van der Waals surface area contributed by atoms with Gasteiger partial charge in [0.1, 0.15) is 11.4 Å². The number of rotatable bonds is 5. The third-order valence-corrected chi connectivity index (χ3v) is 4.44. The van der Waals surface area contributed by atoms with Gasteiger partial charge in [0.05, 0.1) is 19.6 Å². The summed E-state index contributed by atoms with van der Waals surface area (Å²) < 4.78 is 10.5. The molecule has 0 bridgehead atoms. The highest BCUT2D eigenvalue weighted by molar-refractivity contribution is 5.98. The molecule has 128 valence electrons. The van der Waals surface area contributed by atoms with Crippen molar-refractivity contribution >= 4 is 22.8 Å². The molecular weight excluding hydrogens is 312 g/mol. The number of nitrogens with one attached hydrogen (secondary N) is 1. The topological polar surface area (TPSA) is 91.9 Å². The Hall–Kier alpha value is -2.54. The Bertz CT molecular complexity index is 769. The maximum Gasteiger partial charge on any atom is 0.305 e. The number of hydrogen-bond donors (Lipinski definition) is 2. The van der Waals surface area contributed by atoms with Gasteiger partial charge < -0.3 is 24.5 Å². The van der Waals surface area contributed by atoms with Crippen molar-refractivity contribution in [2.75, 3.05) is 20.8 Å². The summed E-state index contributed by atoms with van der Waals surface area (Å²) in [5.41, 5.74) is 1.27. The fourth-order valence-electron chi connectivity index (χ4n) is 3.20. The summed E-state index contributed by atoms with van der Waals surface area (Å²) in [6, 6.07) is 6.91. The minimum Gasteiger partial charge on any atom is -0.497 e. The predicted molar refractivity (Wildman–Crippen MR) is 87.3 cm³/mol. The average molecular weight is 332 g/mol. The fraction of sp³-hybridized carbons (Fsp3) is 0.412. The number of carboxylic acids is 1.